The SMILES string of the molecule is Cc1cccc(C2(O)CC(C)(C#N)C2)c1C. The van der Waals surface area contributed by atoms with Gasteiger partial charge < -0.3 is 5.11 Å². The van der Waals surface area contributed by atoms with E-state index in [-0.39, 0.29) is 5.41 Å². The van der Waals surface area contributed by atoms with E-state index in [4.69, 9.17) is 5.26 Å². The first-order valence-corrected chi connectivity index (χ1v) is 5.61. The molecule has 0 heterocycles. The highest BCUT2D eigenvalue weighted by Gasteiger charge is 2.52. The van der Waals surface area contributed by atoms with Crippen LogP contribution in [0.3, 0.4) is 0 Å². The average molecular weight is 215 g/mol. The van der Waals surface area contributed by atoms with Gasteiger partial charge in [-0.3, -0.25) is 0 Å². The van der Waals surface area contributed by atoms with Gasteiger partial charge in [-0.2, -0.15) is 5.26 Å². The van der Waals surface area contributed by atoms with E-state index in [0.29, 0.717) is 12.8 Å². The molecule has 1 aliphatic carbocycles. The minimum Gasteiger partial charge on any atom is -0.385 e. The van der Waals surface area contributed by atoms with Crippen LogP contribution < -0.4 is 0 Å². The first kappa shape index (κ1) is 11.2. The molecule has 2 heteroatoms. The van der Waals surface area contributed by atoms with Crippen molar-refractivity contribution < 1.29 is 5.11 Å². The van der Waals surface area contributed by atoms with Crippen molar-refractivity contribution in [2.24, 2.45) is 5.41 Å². The summed E-state index contributed by atoms with van der Waals surface area (Å²) in [6.07, 6.45) is 1.08. The van der Waals surface area contributed by atoms with Crippen molar-refractivity contribution >= 4 is 0 Å². The molecule has 0 spiro atoms. The molecule has 0 atom stereocenters. The molecule has 0 amide bonds. The predicted octanol–water partition coefficient (Wildman–Crippen LogP) is 2.81. The monoisotopic (exact) mass is 215 g/mol. The van der Waals surface area contributed by atoms with Gasteiger partial charge in [0.25, 0.3) is 0 Å². The Labute approximate surface area is 96.5 Å². The third-order valence-electron chi connectivity index (χ3n) is 3.74. The van der Waals surface area contributed by atoms with Crippen LogP contribution >= 0.6 is 0 Å². The zero-order chi connectivity index (χ0) is 12.0. The minimum absolute atomic E-state index is 0.356. The molecule has 84 valence electrons. The second-order valence-electron chi connectivity index (χ2n) is 5.31. The number of hydrogen-bond acceptors (Lipinski definition) is 2. The van der Waals surface area contributed by atoms with Gasteiger partial charge in [-0.25, -0.2) is 0 Å². The molecule has 0 saturated heterocycles. The second kappa shape index (κ2) is 3.33. The van der Waals surface area contributed by atoms with Crippen molar-refractivity contribution in [3.63, 3.8) is 0 Å². The van der Waals surface area contributed by atoms with Crippen LogP contribution in [0.1, 0.15) is 36.5 Å². The fourth-order valence-electron chi connectivity index (χ4n) is 2.76. The van der Waals surface area contributed by atoms with Gasteiger partial charge in [0, 0.05) is 0 Å². The minimum atomic E-state index is -0.791. The number of nitriles is 1. The standard InChI is InChI=1S/C14H17NO/c1-10-5-4-6-12(11(10)2)14(16)7-13(3,8-14)9-15/h4-6,16H,7-8H2,1-3H3. The molecule has 1 N–H and O–H groups in total. The molecule has 16 heavy (non-hydrogen) atoms. The van der Waals surface area contributed by atoms with E-state index in [0.717, 1.165) is 11.1 Å². The summed E-state index contributed by atoms with van der Waals surface area (Å²) in [5.74, 6) is 0. The van der Waals surface area contributed by atoms with Gasteiger partial charge in [0.15, 0.2) is 0 Å². The Morgan fingerprint density at radius 2 is 1.94 bits per heavy atom. The summed E-state index contributed by atoms with van der Waals surface area (Å²) in [6, 6.07) is 8.26. The van der Waals surface area contributed by atoms with Crippen LogP contribution in [0.5, 0.6) is 0 Å². The fraction of sp³-hybridized carbons (Fsp3) is 0.500. The normalized spacial score (nSPS) is 32.9. The van der Waals surface area contributed by atoms with Crippen molar-refractivity contribution in [1.29, 1.82) is 5.26 Å². The van der Waals surface area contributed by atoms with Crippen LogP contribution in [0.4, 0.5) is 0 Å². The summed E-state index contributed by atoms with van der Waals surface area (Å²) in [4.78, 5) is 0. The molecule has 0 unspecified atom stereocenters. The van der Waals surface area contributed by atoms with Gasteiger partial charge in [-0.05, 0) is 50.3 Å². The number of aliphatic hydroxyl groups is 1. The molecule has 2 rings (SSSR count). The molecular weight excluding hydrogens is 198 g/mol. The van der Waals surface area contributed by atoms with Crippen molar-refractivity contribution in [2.75, 3.05) is 0 Å². The maximum atomic E-state index is 10.5. The van der Waals surface area contributed by atoms with Crippen molar-refractivity contribution in [1.82, 2.24) is 0 Å². The molecule has 0 aromatic heterocycles. The van der Waals surface area contributed by atoms with E-state index in [2.05, 4.69) is 6.07 Å². The van der Waals surface area contributed by atoms with Gasteiger partial charge in [0.2, 0.25) is 0 Å². The Hall–Kier alpha value is -1.33. The fourth-order valence-corrected chi connectivity index (χ4v) is 2.76. The molecule has 1 aliphatic rings. The number of hydrogen-bond donors (Lipinski definition) is 1. The smallest absolute Gasteiger partial charge is 0.0929 e. The highest BCUT2D eigenvalue weighted by molar-refractivity contribution is 5.40. The summed E-state index contributed by atoms with van der Waals surface area (Å²) in [5.41, 5.74) is 2.17. The van der Waals surface area contributed by atoms with Crippen LogP contribution in [-0.4, -0.2) is 5.11 Å². The molecule has 1 saturated carbocycles. The molecule has 1 aromatic rings. The van der Waals surface area contributed by atoms with Gasteiger partial charge >= 0.3 is 0 Å². The van der Waals surface area contributed by atoms with Crippen LogP contribution in [-0.2, 0) is 5.60 Å². The van der Waals surface area contributed by atoms with Gasteiger partial charge in [0.05, 0.1) is 17.1 Å². The molecule has 0 bridgehead atoms. The zero-order valence-corrected chi connectivity index (χ0v) is 10.0. The molecule has 0 aliphatic heterocycles. The lowest BCUT2D eigenvalue weighted by molar-refractivity contribution is -0.103. The molecule has 0 radical (unpaired) electrons. The van der Waals surface area contributed by atoms with Gasteiger partial charge in [-0.1, -0.05) is 18.2 Å². The van der Waals surface area contributed by atoms with Crippen LogP contribution in [0.25, 0.3) is 0 Å². The van der Waals surface area contributed by atoms with Crippen LogP contribution in [0, 0.1) is 30.6 Å². The molecule has 1 aromatic carbocycles. The van der Waals surface area contributed by atoms with E-state index in [9.17, 15) is 5.11 Å². The Morgan fingerprint density at radius 3 is 2.50 bits per heavy atom. The summed E-state index contributed by atoms with van der Waals surface area (Å²) in [7, 11) is 0. The molecule has 1 fully saturated rings. The quantitative estimate of drug-likeness (QED) is 0.782. The number of rotatable bonds is 1. The predicted molar refractivity (Wildman–Crippen MR) is 62.8 cm³/mol. The van der Waals surface area contributed by atoms with E-state index in [1.165, 1.54) is 5.56 Å². The van der Waals surface area contributed by atoms with Gasteiger partial charge in [-0.15, -0.1) is 0 Å². The van der Waals surface area contributed by atoms with Crippen LogP contribution in [0.15, 0.2) is 18.2 Å². The number of nitrogens with zero attached hydrogens (tertiary/aromatic N) is 1. The third-order valence-corrected chi connectivity index (χ3v) is 3.74. The van der Waals surface area contributed by atoms with Crippen molar-refractivity contribution in [2.45, 2.75) is 39.2 Å². The lowest BCUT2D eigenvalue weighted by atomic mass is 9.58. The second-order valence-corrected chi connectivity index (χ2v) is 5.31. The summed E-state index contributed by atoms with van der Waals surface area (Å²) in [5, 5.41) is 19.5. The molecule has 2 nitrogen and oxygen atoms in total. The van der Waals surface area contributed by atoms with E-state index < -0.39 is 5.60 Å². The van der Waals surface area contributed by atoms with Crippen molar-refractivity contribution in [3.8, 4) is 6.07 Å². The summed E-state index contributed by atoms with van der Waals surface area (Å²) >= 11 is 0. The maximum absolute atomic E-state index is 10.5. The highest BCUT2D eigenvalue weighted by Crippen LogP contribution is 2.54. The lowest BCUT2D eigenvalue weighted by Gasteiger charge is -2.48. The van der Waals surface area contributed by atoms with Crippen molar-refractivity contribution in [3.05, 3.63) is 34.9 Å². The Balaban J connectivity index is 2.35. The Kier molecular flexibility index (Phi) is 2.32. The Morgan fingerprint density at radius 1 is 1.31 bits per heavy atom. The van der Waals surface area contributed by atoms with E-state index in [1.807, 2.05) is 39.0 Å². The van der Waals surface area contributed by atoms with E-state index >= 15 is 0 Å². The topological polar surface area (TPSA) is 44.0 Å². The average Bonchev–Trinajstić information content (AvgIpc) is 2.19. The maximum Gasteiger partial charge on any atom is 0.0929 e. The zero-order valence-electron chi connectivity index (χ0n) is 10.0. The summed E-state index contributed by atoms with van der Waals surface area (Å²) < 4.78 is 0. The first-order chi connectivity index (χ1) is 7.40. The van der Waals surface area contributed by atoms with Crippen LogP contribution in [0.2, 0.25) is 0 Å². The van der Waals surface area contributed by atoms with E-state index in [1.54, 1.807) is 0 Å². The molecular formula is C14H17NO. The first-order valence-electron chi connectivity index (χ1n) is 5.61. The number of benzene rings is 1. The lowest BCUT2D eigenvalue weighted by Crippen LogP contribution is -2.47. The largest absolute Gasteiger partial charge is 0.385 e. The summed E-state index contributed by atoms with van der Waals surface area (Å²) in [6.45, 7) is 5.99. The van der Waals surface area contributed by atoms with Gasteiger partial charge in [0.1, 0.15) is 0 Å². The third kappa shape index (κ3) is 1.52. The number of aryl methyl sites for hydroxylation is 1. The Bertz CT molecular complexity index is 464. The highest BCUT2D eigenvalue weighted by atomic mass is 16.3.